The number of halogens is 1. The minimum atomic E-state index is -0.978. The van der Waals surface area contributed by atoms with Gasteiger partial charge in [0.2, 0.25) is 0 Å². The number of hydrogen-bond donors (Lipinski definition) is 2. The number of nitrogens with one attached hydrogen (secondary N) is 1. The molecule has 4 aromatic rings. The highest BCUT2D eigenvalue weighted by Gasteiger charge is 2.25. The standard InChI is InChI=1S/C19H15ClN4O2/c20-11-3-4-12-14(7-11)23-24(9-10-1-2-10)18(12)16-8-15-17(22-16)13(19(25)26)5-6-21-15/h3-8,10,22H,1-2,9H2,(H,25,26). The van der Waals surface area contributed by atoms with E-state index in [1.165, 1.54) is 25.1 Å². The van der Waals surface area contributed by atoms with Gasteiger partial charge in [0.25, 0.3) is 0 Å². The number of pyridine rings is 1. The van der Waals surface area contributed by atoms with Crippen molar-refractivity contribution in [2.45, 2.75) is 19.4 Å². The van der Waals surface area contributed by atoms with E-state index in [4.69, 9.17) is 16.7 Å². The van der Waals surface area contributed by atoms with Crippen LogP contribution < -0.4 is 0 Å². The summed E-state index contributed by atoms with van der Waals surface area (Å²) < 4.78 is 2.00. The fraction of sp³-hybridized carbons (Fsp3) is 0.211. The van der Waals surface area contributed by atoms with Gasteiger partial charge in [-0.1, -0.05) is 11.6 Å². The summed E-state index contributed by atoms with van der Waals surface area (Å²) in [4.78, 5) is 19.1. The number of carbonyl (C=O) groups is 1. The molecular formula is C19H15ClN4O2. The normalized spacial score (nSPS) is 14.3. The number of nitrogens with zero attached hydrogens (tertiary/aromatic N) is 3. The first-order valence-electron chi connectivity index (χ1n) is 8.47. The Balaban J connectivity index is 1.76. The van der Waals surface area contributed by atoms with Crippen molar-refractivity contribution in [1.82, 2.24) is 19.7 Å². The molecule has 1 aromatic carbocycles. The van der Waals surface area contributed by atoms with Crippen molar-refractivity contribution in [3.63, 3.8) is 0 Å². The maximum Gasteiger partial charge on any atom is 0.337 e. The largest absolute Gasteiger partial charge is 0.478 e. The van der Waals surface area contributed by atoms with E-state index in [0.29, 0.717) is 22.0 Å². The molecule has 26 heavy (non-hydrogen) atoms. The van der Waals surface area contributed by atoms with Gasteiger partial charge in [-0.3, -0.25) is 9.67 Å². The minimum Gasteiger partial charge on any atom is -0.478 e. The highest BCUT2D eigenvalue weighted by Crippen LogP contribution is 2.36. The van der Waals surface area contributed by atoms with E-state index in [0.717, 1.165) is 28.8 Å². The Kier molecular flexibility index (Phi) is 3.30. The third-order valence-corrected chi connectivity index (χ3v) is 5.07. The molecule has 3 heterocycles. The lowest BCUT2D eigenvalue weighted by molar-refractivity contribution is 0.0699. The van der Waals surface area contributed by atoms with E-state index >= 15 is 0 Å². The van der Waals surface area contributed by atoms with Gasteiger partial charge in [0, 0.05) is 23.2 Å². The molecule has 1 aliphatic carbocycles. The first-order valence-corrected chi connectivity index (χ1v) is 8.85. The van der Waals surface area contributed by atoms with Gasteiger partial charge < -0.3 is 10.1 Å². The lowest BCUT2D eigenvalue weighted by Crippen LogP contribution is -2.04. The van der Waals surface area contributed by atoms with Crippen molar-refractivity contribution in [2.75, 3.05) is 0 Å². The zero-order valence-corrected chi connectivity index (χ0v) is 14.5. The van der Waals surface area contributed by atoms with E-state index in [2.05, 4.69) is 9.97 Å². The summed E-state index contributed by atoms with van der Waals surface area (Å²) in [6, 6.07) is 9.05. The van der Waals surface area contributed by atoms with Crippen molar-refractivity contribution < 1.29 is 9.90 Å². The van der Waals surface area contributed by atoms with Crippen LogP contribution in [0, 0.1) is 5.92 Å². The molecule has 0 atom stereocenters. The monoisotopic (exact) mass is 366 g/mol. The molecule has 7 heteroatoms. The zero-order chi connectivity index (χ0) is 17.8. The van der Waals surface area contributed by atoms with Crippen molar-refractivity contribution >= 4 is 39.5 Å². The summed E-state index contributed by atoms with van der Waals surface area (Å²) >= 11 is 6.13. The Morgan fingerprint density at radius 1 is 1.27 bits per heavy atom. The Bertz CT molecular complexity index is 1170. The van der Waals surface area contributed by atoms with Gasteiger partial charge in [0.15, 0.2) is 0 Å². The van der Waals surface area contributed by atoms with Crippen molar-refractivity contribution in [3.8, 4) is 11.4 Å². The first-order chi connectivity index (χ1) is 12.6. The summed E-state index contributed by atoms with van der Waals surface area (Å²) in [6.45, 7) is 0.843. The van der Waals surface area contributed by atoms with E-state index < -0.39 is 5.97 Å². The number of hydrogen-bond acceptors (Lipinski definition) is 3. The maximum atomic E-state index is 11.5. The molecule has 130 valence electrons. The topological polar surface area (TPSA) is 83.8 Å². The second kappa shape index (κ2) is 5.57. The molecular weight excluding hydrogens is 352 g/mol. The summed E-state index contributed by atoms with van der Waals surface area (Å²) in [7, 11) is 0. The molecule has 0 bridgehead atoms. The van der Waals surface area contributed by atoms with E-state index in [1.54, 1.807) is 0 Å². The van der Waals surface area contributed by atoms with Gasteiger partial charge in [-0.05, 0) is 49.1 Å². The molecule has 1 aliphatic rings. The number of rotatable bonds is 4. The predicted octanol–water partition coefficient (Wildman–Crippen LogP) is 4.34. The molecule has 5 rings (SSSR count). The van der Waals surface area contributed by atoms with Crippen LogP contribution in [0.25, 0.3) is 33.3 Å². The summed E-state index contributed by atoms with van der Waals surface area (Å²) in [5.74, 6) is -0.329. The van der Waals surface area contributed by atoms with Gasteiger partial charge in [-0.25, -0.2) is 4.79 Å². The number of aromatic amines is 1. The molecule has 0 radical (unpaired) electrons. The number of aromatic nitrogens is 4. The fourth-order valence-electron chi connectivity index (χ4n) is 3.40. The number of carboxylic acids is 1. The van der Waals surface area contributed by atoms with Crippen molar-refractivity contribution in [2.24, 2.45) is 5.92 Å². The average Bonchev–Trinajstić information content (AvgIpc) is 3.20. The predicted molar refractivity (Wildman–Crippen MR) is 99.5 cm³/mol. The summed E-state index contributed by atoms with van der Waals surface area (Å²) in [6.07, 6.45) is 3.95. The second-order valence-corrected chi connectivity index (χ2v) is 7.18. The average molecular weight is 367 g/mol. The molecule has 2 N–H and O–H groups in total. The second-order valence-electron chi connectivity index (χ2n) is 6.74. The lowest BCUT2D eigenvalue weighted by atomic mass is 10.1. The van der Waals surface area contributed by atoms with Gasteiger partial charge in [0.05, 0.1) is 33.5 Å². The van der Waals surface area contributed by atoms with Crippen molar-refractivity contribution in [1.29, 1.82) is 0 Å². The number of benzene rings is 1. The molecule has 1 saturated carbocycles. The van der Waals surface area contributed by atoms with E-state index in [-0.39, 0.29) is 5.56 Å². The molecule has 3 aromatic heterocycles. The first kappa shape index (κ1) is 15.4. The van der Waals surface area contributed by atoms with Gasteiger partial charge in [-0.15, -0.1) is 0 Å². The third kappa shape index (κ3) is 2.45. The van der Waals surface area contributed by atoms with Crippen LogP contribution in [0.2, 0.25) is 5.02 Å². The number of aromatic carboxylic acids is 1. The Hall–Kier alpha value is -2.86. The van der Waals surface area contributed by atoms with Crippen LogP contribution >= 0.6 is 11.6 Å². The van der Waals surface area contributed by atoms with Crippen molar-refractivity contribution in [3.05, 3.63) is 47.1 Å². The molecule has 0 unspecified atom stereocenters. The highest BCUT2D eigenvalue weighted by molar-refractivity contribution is 6.31. The quantitative estimate of drug-likeness (QED) is 0.562. The number of fused-ring (bicyclic) bond motifs is 2. The van der Waals surface area contributed by atoms with Crippen LogP contribution in [-0.4, -0.2) is 30.8 Å². The fourth-order valence-corrected chi connectivity index (χ4v) is 3.57. The highest BCUT2D eigenvalue weighted by atomic mass is 35.5. The molecule has 1 fully saturated rings. The van der Waals surface area contributed by atoms with Crippen LogP contribution in [0.3, 0.4) is 0 Å². The SMILES string of the molecule is O=C(O)c1ccnc2cc(-c3c4ccc(Cl)cc4nn3CC3CC3)[nH]c12. The Morgan fingerprint density at radius 3 is 2.88 bits per heavy atom. The maximum absolute atomic E-state index is 11.5. The van der Waals surface area contributed by atoms with Gasteiger partial charge in [-0.2, -0.15) is 5.10 Å². The van der Waals surface area contributed by atoms with Gasteiger partial charge >= 0.3 is 5.97 Å². The Morgan fingerprint density at radius 2 is 2.12 bits per heavy atom. The molecule has 6 nitrogen and oxygen atoms in total. The Labute approximate surface area is 153 Å². The molecule has 0 aliphatic heterocycles. The molecule has 0 amide bonds. The van der Waals surface area contributed by atoms with Crippen LogP contribution in [0.15, 0.2) is 36.5 Å². The smallest absolute Gasteiger partial charge is 0.337 e. The van der Waals surface area contributed by atoms with E-state index in [1.807, 2.05) is 28.9 Å². The van der Waals surface area contributed by atoms with Crippen LogP contribution in [0.1, 0.15) is 23.2 Å². The van der Waals surface area contributed by atoms with E-state index in [9.17, 15) is 9.90 Å². The minimum absolute atomic E-state index is 0.210. The number of carboxylic acid groups (broad SMARTS) is 1. The lowest BCUT2D eigenvalue weighted by Gasteiger charge is -2.05. The van der Waals surface area contributed by atoms with Gasteiger partial charge in [0.1, 0.15) is 0 Å². The van der Waals surface area contributed by atoms with Crippen LogP contribution in [-0.2, 0) is 6.54 Å². The third-order valence-electron chi connectivity index (χ3n) is 4.84. The van der Waals surface area contributed by atoms with Crippen LogP contribution in [0.4, 0.5) is 0 Å². The zero-order valence-electron chi connectivity index (χ0n) is 13.7. The van der Waals surface area contributed by atoms with Crippen LogP contribution in [0.5, 0.6) is 0 Å². The summed E-state index contributed by atoms with van der Waals surface area (Å²) in [5.41, 5.74) is 3.95. The molecule has 0 saturated heterocycles. The summed E-state index contributed by atoms with van der Waals surface area (Å²) in [5, 5.41) is 15.8. The number of H-pyrrole nitrogens is 1. The molecule has 0 spiro atoms.